The lowest BCUT2D eigenvalue weighted by atomic mass is 10.1. The van der Waals surface area contributed by atoms with E-state index in [-0.39, 0.29) is 5.56 Å². The van der Waals surface area contributed by atoms with Crippen molar-refractivity contribution in [2.75, 3.05) is 0 Å². The van der Waals surface area contributed by atoms with E-state index in [0.29, 0.717) is 9.13 Å². The molecule has 1 aromatic rings. The van der Waals surface area contributed by atoms with Crippen molar-refractivity contribution in [3.63, 3.8) is 0 Å². The van der Waals surface area contributed by atoms with Gasteiger partial charge in [0.25, 0.3) is 0 Å². The second-order valence-corrected chi connectivity index (χ2v) is 4.56. The van der Waals surface area contributed by atoms with Gasteiger partial charge in [0, 0.05) is 7.14 Å². The lowest BCUT2D eigenvalue weighted by molar-refractivity contribution is 0.0695. The summed E-state index contributed by atoms with van der Waals surface area (Å²) in [5, 5.41) is 17.5. The van der Waals surface area contributed by atoms with Crippen LogP contribution in [0.4, 0.5) is 0 Å². The lowest BCUT2D eigenvalue weighted by Gasteiger charge is -2.01. The number of nitriles is 1. The van der Waals surface area contributed by atoms with Crippen LogP contribution < -0.4 is 0 Å². The number of nitrogens with zero attached hydrogens (tertiary/aromatic N) is 1. The van der Waals surface area contributed by atoms with E-state index in [1.54, 1.807) is 12.1 Å². The van der Waals surface area contributed by atoms with E-state index in [1.165, 1.54) is 0 Å². The summed E-state index contributed by atoms with van der Waals surface area (Å²) in [5.74, 6) is -1.00. The van der Waals surface area contributed by atoms with Gasteiger partial charge in [-0.15, -0.1) is 0 Å². The van der Waals surface area contributed by atoms with E-state index in [2.05, 4.69) is 0 Å². The second kappa shape index (κ2) is 4.23. The Kier molecular flexibility index (Phi) is 3.49. The van der Waals surface area contributed by atoms with E-state index in [0.717, 1.165) is 3.57 Å². The van der Waals surface area contributed by atoms with Gasteiger partial charge in [-0.3, -0.25) is 0 Å². The Labute approximate surface area is 102 Å². The van der Waals surface area contributed by atoms with Crippen LogP contribution in [0.2, 0.25) is 0 Å². The van der Waals surface area contributed by atoms with E-state index in [4.69, 9.17) is 10.4 Å². The molecule has 0 aliphatic rings. The summed E-state index contributed by atoms with van der Waals surface area (Å²) in [4.78, 5) is 10.7. The number of aromatic carboxylic acids is 1. The molecular weight excluding hydrogens is 396 g/mol. The maximum atomic E-state index is 10.7. The molecule has 0 aliphatic carbocycles. The smallest absolute Gasteiger partial charge is 0.336 e. The highest BCUT2D eigenvalue weighted by Crippen LogP contribution is 2.20. The van der Waals surface area contributed by atoms with Crippen molar-refractivity contribution in [1.82, 2.24) is 0 Å². The van der Waals surface area contributed by atoms with Crippen molar-refractivity contribution in [3.05, 3.63) is 30.4 Å². The Morgan fingerprint density at radius 1 is 1.46 bits per heavy atom. The normalized spacial score (nSPS) is 9.31. The van der Waals surface area contributed by atoms with Crippen LogP contribution in [0, 0.1) is 18.5 Å². The maximum Gasteiger partial charge on any atom is 0.336 e. The molecule has 66 valence electrons. The van der Waals surface area contributed by atoms with E-state index in [9.17, 15) is 4.79 Å². The third kappa shape index (κ3) is 2.31. The van der Waals surface area contributed by atoms with Crippen molar-refractivity contribution in [2.24, 2.45) is 0 Å². The van der Waals surface area contributed by atoms with Crippen LogP contribution in [0.1, 0.15) is 15.9 Å². The maximum absolute atomic E-state index is 10.7. The fraction of sp³-hybridized carbons (Fsp3) is 0. The van der Waals surface area contributed by atoms with Gasteiger partial charge in [0.15, 0.2) is 0 Å². The zero-order valence-corrected chi connectivity index (χ0v) is 10.5. The average Bonchev–Trinajstić information content (AvgIpc) is 2.08. The number of carboxylic acids is 1. The van der Waals surface area contributed by atoms with Crippen LogP contribution >= 0.6 is 45.2 Å². The average molecular weight is 399 g/mol. The number of hydrogen-bond donors (Lipinski definition) is 1. The van der Waals surface area contributed by atoms with Crippen LogP contribution in [0.5, 0.6) is 0 Å². The van der Waals surface area contributed by atoms with Gasteiger partial charge >= 0.3 is 5.97 Å². The minimum atomic E-state index is -1.00. The SMILES string of the molecule is N#Cc1cc(I)cc(C(=O)O)c1I. The topological polar surface area (TPSA) is 61.1 Å². The predicted molar refractivity (Wildman–Crippen MR) is 63.6 cm³/mol. The highest BCUT2D eigenvalue weighted by atomic mass is 127. The summed E-state index contributed by atoms with van der Waals surface area (Å²) < 4.78 is 1.25. The van der Waals surface area contributed by atoms with Crippen molar-refractivity contribution < 1.29 is 9.90 Å². The molecule has 1 N–H and O–H groups in total. The van der Waals surface area contributed by atoms with E-state index < -0.39 is 5.97 Å². The van der Waals surface area contributed by atoms with Crippen LogP contribution in [0.15, 0.2) is 12.1 Å². The Balaban J connectivity index is 3.47. The Morgan fingerprint density at radius 2 is 2.08 bits per heavy atom. The summed E-state index contributed by atoms with van der Waals surface area (Å²) in [6.45, 7) is 0. The van der Waals surface area contributed by atoms with Gasteiger partial charge in [-0.05, 0) is 57.3 Å². The summed E-state index contributed by atoms with van der Waals surface area (Å²) >= 11 is 3.85. The van der Waals surface area contributed by atoms with Crippen molar-refractivity contribution in [2.45, 2.75) is 0 Å². The number of carboxylic acid groups (broad SMARTS) is 1. The molecule has 0 aromatic heterocycles. The fourth-order valence-corrected chi connectivity index (χ4v) is 2.11. The summed E-state index contributed by atoms with van der Waals surface area (Å²) in [6.07, 6.45) is 0. The molecule has 0 aliphatic heterocycles. The van der Waals surface area contributed by atoms with Crippen molar-refractivity contribution in [1.29, 1.82) is 5.26 Å². The monoisotopic (exact) mass is 399 g/mol. The molecule has 1 aromatic carbocycles. The highest BCUT2D eigenvalue weighted by Gasteiger charge is 2.12. The predicted octanol–water partition coefficient (Wildman–Crippen LogP) is 2.47. The summed E-state index contributed by atoms with van der Waals surface area (Å²) in [5.41, 5.74) is 0.592. The Bertz CT molecular complexity index is 409. The third-order valence-electron chi connectivity index (χ3n) is 1.39. The zero-order valence-electron chi connectivity index (χ0n) is 6.21. The fourth-order valence-electron chi connectivity index (χ4n) is 0.826. The van der Waals surface area contributed by atoms with Gasteiger partial charge in [-0.1, -0.05) is 0 Å². The van der Waals surface area contributed by atoms with E-state index in [1.807, 2.05) is 51.3 Å². The molecule has 0 radical (unpaired) electrons. The second-order valence-electron chi connectivity index (χ2n) is 2.23. The van der Waals surface area contributed by atoms with Crippen LogP contribution in [0.25, 0.3) is 0 Å². The van der Waals surface area contributed by atoms with Crippen LogP contribution in [-0.2, 0) is 0 Å². The Morgan fingerprint density at radius 3 is 2.54 bits per heavy atom. The molecule has 5 heteroatoms. The molecule has 0 saturated heterocycles. The van der Waals surface area contributed by atoms with Gasteiger partial charge in [0.05, 0.1) is 11.1 Å². The first kappa shape index (κ1) is 10.7. The molecule has 0 fully saturated rings. The first-order valence-corrected chi connectivity index (χ1v) is 5.34. The van der Waals surface area contributed by atoms with Crippen LogP contribution in [0.3, 0.4) is 0 Å². The number of benzene rings is 1. The molecule has 0 amide bonds. The first-order chi connectivity index (χ1) is 6.06. The first-order valence-electron chi connectivity index (χ1n) is 3.18. The van der Waals surface area contributed by atoms with Gasteiger partial charge in [-0.2, -0.15) is 5.26 Å². The highest BCUT2D eigenvalue weighted by molar-refractivity contribution is 14.1. The minimum Gasteiger partial charge on any atom is -0.478 e. The zero-order chi connectivity index (χ0) is 10.0. The summed E-state index contributed by atoms with van der Waals surface area (Å²) in [6, 6.07) is 5.16. The Hall–Kier alpha value is -0.360. The molecule has 1 rings (SSSR count). The van der Waals surface area contributed by atoms with Crippen molar-refractivity contribution >= 4 is 51.2 Å². The largest absolute Gasteiger partial charge is 0.478 e. The van der Waals surface area contributed by atoms with Crippen molar-refractivity contribution in [3.8, 4) is 6.07 Å². The quantitative estimate of drug-likeness (QED) is 0.739. The molecule has 0 bridgehead atoms. The molecule has 0 spiro atoms. The molecule has 13 heavy (non-hydrogen) atoms. The van der Waals surface area contributed by atoms with Gasteiger partial charge < -0.3 is 5.11 Å². The number of halogens is 2. The molecule has 0 atom stereocenters. The van der Waals surface area contributed by atoms with Gasteiger partial charge in [-0.25, -0.2) is 4.79 Å². The summed E-state index contributed by atoms with van der Waals surface area (Å²) in [7, 11) is 0. The molecule has 0 unspecified atom stereocenters. The van der Waals surface area contributed by atoms with Crippen LogP contribution in [-0.4, -0.2) is 11.1 Å². The van der Waals surface area contributed by atoms with Gasteiger partial charge in [0.1, 0.15) is 6.07 Å². The van der Waals surface area contributed by atoms with E-state index >= 15 is 0 Å². The number of hydrogen-bond acceptors (Lipinski definition) is 2. The lowest BCUT2D eigenvalue weighted by Crippen LogP contribution is -2.02. The third-order valence-corrected chi connectivity index (χ3v) is 3.17. The molecule has 0 saturated carbocycles. The molecule has 3 nitrogen and oxygen atoms in total. The molecular formula is C8H3I2NO2. The molecule has 0 heterocycles. The van der Waals surface area contributed by atoms with Gasteiger partial charge in [0.2, 0.25) is 0 Å². The number of carbonyl (C=O) groups is 1. The number of rotatable bonds is 1. The minimum absolute atomic E-state index is 0.184. The standard InChI is InChI=1S/C8H3I2NO2/c9-5-1-4(3-11)7(10)6(2-5)8(12)13/h1-2H,(H,12,13).